The van der Waals surface area contributed by atoms with Gasteiger partial charge in [-0.25, -0.2) is 0 Å². The van der Waals surface area contributed by atoms with E-state index in [9.17, 15) is 4.79 Å². The minimum atomic E-state index is -0.269. The molecule has 0 aliphatic carbocycles. The van der Waals surface area contributed by atoms with E-state index in [1.807, 2.05) is 34.6 Å². The highest BCUT2D eigenvalue weighted by Gasteiger charge is 2.18. The maximum absolute atomic E-state index is 12.1. The number of hydrogen-bond donors (Lipinski definition) is 1. The van der Waals surface area contributed by atoms with E-state index in [2.05, 4.69) is 5.32 Å². The van der Waals surface area contributed by atoms with Crippen molar-refractivity contribution in [2.75, 3.05) is 6.61 Å². The molecule has 1 aromatic rings. The van der Waals surface area contributed by atoms with Crippen LogP contribution in [-0.2, 0) is 0 Å². The van der Waals surface area contributed by atoms with Crippen molar-refractivity contribution >= 4 is 17.5 Å². The number of rotatable bonds is 3. The summed E-state index contributed by atoms with van der Waals surface area (Å²) in [6, 6.07) is 3.45. The molecule has 1 rings (SSSR count). The Morgan fingerprint density at radius 2 is 2.00 bits per heavy atom. The fourth-order valence-corrected chi connectivity index (χ4v) is 1.79. The zero-order valence-electron chi connectivity index (χ0n) is 11.6. The van der Waals surface area contributed by atoms with Gasteiger partial charge in [0.25, 0.3) is 5.91 Å². The quantitative estimate of drug-likeness (QED) is 0.911. The Morgan fingerprint density at radius 3 is 2.50 bits per heavy atom. The number of carbonyl (C=O) groups excluding carboxylic acids is 1. The van der Waals surface area contributed by atoms with Gasteiger partial charge in [0.2, 0.25) is 0 Å². The van der Waals surface area contributed by atoms with Crippen LogP contribution in [-0.4, -0.2) is 18.1 Å². The van der Waals surface area contributed by atoms with Gasteiger partial charge in [0.15, 0.2) is 0 Å². The Kier molecular flexibility index (Phi) is 4.63. The zero-order valence-corrected chi connectivity index (χ0v) is 12.3. The summed E-state index contributed by atoms with van der Waals surface area (Å²) in [7, 11) is 0. The van der Waals surface area contributed by atoms with E-state index in [1.54, 1.807) is 12.1 Å². The van der Waals surface area contributed by atoms with Crippen LogP contribution in [0.4, 0.5) is 0 Å². The highest BCUT2D eigenvalue weighted by molar-refractivity contribution is 6.32. The maximum Gasteiger partial charge on any atom is 0.252 e. The second kappa shape index (κ2) is 5.61. The van der Waals surface area contributed by atoms with E-state index in [-0.39, 0.29) is 11.4 Å². The topological polar surface area (TPSA) is 38.3 Å². The van der Waals surface area contributed by atoms with Crippen LogP contribution in [0.2, 0.25) is 5.02 Å². The summed E-state index contributed by atoms with van der Waals surface area (Å²) >= 11 is 6.09. The van der Waals surface area contributed by atoms with Crippen molar-refractivity contribution in [3.63, 3.8) is 0 Å². The molecule has 1 amide bonds. The lowest BCUT2D eigenvalue weighted by Crippen LogP contribution is -2.40. The van der Waals surface area contributed by atoms with E-state index in [0.29, 0.717) is 22.9 Å². The van der Waals surface area contributed by atoms with Crippen molar-refractivity contribution in [1.29, 1.82) is 0 Å². The third-order valence-corrected chi connectivity index (χ3v) is 2.61. The van der Waals surface area contributed by atoms with Crippen molar-refractivity contribution in [3.05, 3.63) is 28.3 Å². The summed E-state index contributed by atoms with van der Waals surface area (Å²) < 4.78 is 5.39. The smallest absolute Gasteiger partial charge is 0.252 e. The molecule has 0 bridgehead atoms. The van der Waals surface area contributed by atoms with Crippen molar-refractivity contribution in [2.45, 2.75) is 40.2 Å². The average Bonchev–Trinajstić information content (AvgIpc) is 2.20. The van der Waals surface area contributed by atoms with Crippen molar-refractivity contribution in [3.8, 4) is 5.75 Å². The number of hydrogen-bond acceptors (Lipinski definition) is 2. The van der Waals surface area contributed by atoms with Gasteiger partial charge >= 0.3 is 0 Å². The van der Waals surface area contributed by atoms with Crippen LogP contribution in [0, 0.1) is 6.92 Å². The molecule has 3 nitrogen and oxygen atoms in total. The largest absolute Gasteiger partial charge is 0.492 e. The van der Waals surface area contributed by atoms with E-state index in [4.69, 9.17) is 16.3 Å². The van der Waals surface area contributed by atoms with Gasteiger partial charge in [-0.1, -0.05) is 11.6 Å². The molecule has 0 saturated carbocycles. The lowest BCUT2D eigenvalue weighted by atomic mass is 10.0. The number of amides is 1. The summed E-state index contributed by atoms with van der Waals surface area (Å²) in [6.45, 7) is 10.1. The van der Waals surface area contributed by atoms with Crippen molar-refractivity contribution in [1.82, 2.24) is 5.32 Å². The summed E-state index contributed by atoms with van der Waals surface area (Å²) in [5, 5.41) is 3.38. The molecule has 0 unspecified atom stereocenters. The number of carbonyl (C=O) groups is 1. The van der Waals surface area contributed by atoms with Gasteiger partial charge in [-0.3, -0.25) is 4.79 Å². The third kappa shape index (κ3) is 3.91. The van der Waals surface area contributed by atoms with Gasteiger partial charge in [0.1, 0.15) is 5.75 Å². The molecule has 18 heavy (non-hydrogen) atoms. The molecule has 0 atom stereocenters. The molecule has 0 aliphatic heterocycles. The van der Waals surface area contributed by atoms with Gasteiger partial charge in [-0.05, 0) is 52.3 Å². The van der Waals surface area contributed by atoms with Crippen LogP contribution < -0.4 is 10.1 Å². The number of ether oxygens (including phenoxy) is 1. The number of nitrogens with one attached hydrogen (secondary N) is 1. The normalized spacial score (nSPS) is 11.2. The Morgan fingerprint density at radius 1 is 1.39 bits per heavy atom. The number of aryl methyl sites for hydroxylation is 1. The molecule has 1 aromatic carbocycles. The lowest BCUT2D eigenvalue weighted by Gasteiger charge is -2.21. The second-order valence-corrected chi connectivity index (χ2v) is 5.64. The Bertz CT molecular complexity index is 450. The van der Waals surface area contributed by atoms with Crippen LogP contribution in [0.1, 0.15) is 43.6 Å². The van der Waals surface area contributed by atoms with Crippen molar-refractivity contribution in [2.24, 2.45) is 0 Å². The first kappa shape index (κ1) is 14.8. The molecule has 0 saturated heterocycles. The lowest BCUT2D eigenvalue weighted by molar-refractivity contribution is 0.0919. The molecule has 0 aromatic heterocycles. The Labute approximate surface area is 113 Å². The third-order valence-electron chi connectivity index (χ3n) is 2.31. The highest BCUT2D eigenvalue weighted by Crippen LogP contribution is 2.28. The maximum atomic E-state index is 12.1. The molecule has 0 heterocycles. The van der Waals surface area contributed by atoms with Crippen LogP contribution in [0.25, 0.3) is 0 Å². The summed E-state index contributed by atoms with van der Waals surface area (Å²) in [6.07, 6.45) is 0. The highest BCUT2D eigenvalue weighted by atomic mass is 35.5. The van der Waals surface area contributed by atoms with E-state index >= 15 is 0 Å². The molecule has 0 radical (unpaired) electrons. The standard InChI is InChI=1S/C14H20ClNO2/c1-6-18-12-7-9(2)10(8-11(12)15)13(17)16-14(3,4)5/h7-8H,6H2,1-5H3,(H,16,17). The molecule has 0 aliphatic rings. The molecule has 0 spiro atoms. The van der Waals surface area contributed by atoms with Crippen LogP contribution in [0.5, 0.6) is 5.75 Å². The van der Waals surface area contributed by atoms with E-state index < -0.39 is 0 Å². The first-order valence-corrected chi connectivity index (χ1v) is 6.38. The van der Waals surface area contributed by atoms with Crippen LogP contribution in [0.3, 0.4) is 0 Å². The summed E-state index contributed by atoms with van der Waals surface area (Å²) in [5.41, 5.74) is 1.16. The van der Waals surface area contributed by atoms with Gasteiger partial charge in [-0.2, -0.15) is 0 Å². The fourth-order valence-electron chi connectivity index (χ4n) is 1.57. The first-order chi connectivity index (χ1) is 8.24. The average molecular weight is 270 g/mol. The minimum Gasteiger partial charge on any atom is -0.492 e. The number of halogens is 1. The molecule has 0 fully saturated rings. The van der Waals surface area contributed by atoms with E-state index in [1.165, 1.54) is 0 Å². The fraction of sp³-hybridized carbons (Fsp3) is 0.500. The Balaban J connectivity index is 3.04. The molecule has 100 valence electrons. The van der Waals surface area contributed by atoms with Gasteiger partial charge in [-0.15, -0.1) is 0 Å². The molecule has 4 heteroatoms. The SMILES string of the molecule is CCOc1cc(C)c(C(=O)NC(C)(C)C)cc1Cl. The number of benzene rings is 1. The second-order valence-electron chi connectivity index (χ2n) is 5.23. The predicted molar refractivity (Wildman–Crippen MR) is 74.6 cm³/mol. The van der Waals surface area contributed by atoms with Gasteiger partial charge in [0, 0.05) is 11.1 Å². The van der Waals surface area contributed by atoms with Crippen LogP contribution in [0.15, 0.2) is 12.1 Å². The summed E-state index contributed by atoms with van der Waals surface area (Å²) in [5.74, 6) is 0.494. The van der Waals surface area contributed by atoms with E-state index in [0.717, 1.165) is 5.56 Å². The van der Waals surface area contributed by atoms with Gasteiger partial charge in [0.05, 0.1) is 11.6 Å². The molecular weight excluding hydrogens is 250 g/mol. The monoisotopic (exact) mass is 269 g/mol. The Hall–Kier alpha value is -1.22. The van der Waals surface area contributed by atoms with Crippen LogP contribution >= 0.6 is 11.6 Å². The zero-order chi connectivity index (χ0) is 13.9. The first-order valence-electron chi connectivity index (χ1n) is 6.00. The molecule has 1 N–H and O–H groups in total. The summed E-state index contributed by atoms with van der Waals surface area (Å²) in [4.78, 5) is 12.1. The van der Waals surface area contributed by atoms with Gasteiger partial charge < -0.3 is 10.1 Å². The van der Waals surface area contributed by atoms with Crippen molar-refractivity contribution < 1.29 is 9.53 Å². The molecular formula is C14H20ClNO2. The predicted octanol–water partition coefficient (Wildman–Crippen LogP) is 3.58. The minimum absolute atomic E-state index is 0.120.